The van der Waals surface area contributed by atoms with Gasteiger partial charge < -0.3 is 19.4 Å². The van der Waals surface area contributed by atoms with Crippen LogP contribution in [0, 0.1) is 18.7 Å². The van der Waals surface area contributed by atoms with E-state index in [0.717, 1.165) is 5.56 Å². The van der Waals surface area contributed by atoms with Crippen LogP contribution in [0.1, 0.15) is 34.7 Å². The van der Waals surface area contributed by atoms with E-state index in [4.69, 9.17) is 9.15 Å². The zero-order valence-electron chi connectivity index (χ0n) is 17.7. The maximum Gasteiger partial charge on any atom is 0.289 e. The topological polar surface area (TPSA) is 84.7 Å². The predicted molar refractivity (Wildman–Crippen MR) is 116 cm³/mol. The zero-order chi connectivity index (χ0) is 22.5. The van der Waals surface area contributed by atoms with E-state index in [0.29, 0.717) is 43.3 Å². The first-order chi connectivity index (χ1) is 15.5. The van der Waals surface area contributed by atoms with Crippen LogP contribution in [-0.4, -0.2) is 34.8 Å². The molecule has 1 aromatic carbocycles. The molecule has 1 fully saturated rings. The van der Waals surface area contributed by atoms with E-state index < -0.39 is 0 Å². The van der Waals surface area contributed by atoms with Crippen molar-refractivity contribution < 1.29 is 23.1 Å². The van der Waals surface area contributed by atoms with Gasteiger partial charge >= 0.3 is 0 Å². The molecule has 0 bridgehead atoms. The number of likely N-dealkylation sites (tertiary alicyclic amines) is 1. The Morgan fingerprint density at radius 2 is 1.88 bits per heavy atom. The van der Waals surface area contributed by atoms with E-state index in [1.165, 1.54) is 24.3 Å². The van der Waals surface area contributed by atoms with Crippen LogP contribution in [0.25, 0.3) is 0 Å². The van der Waals surface area contributed by atoms with Crippen LogP contribution in [0.4, 0.5) is 10.2 Å². The minimum absolute atomic E-state index is 0.0771. The van der Waals surface area contributed by atoms with E-state index in [1.54, 1.807) is 29.3 Å². The molecule has 4 rings (SSSR count). The van der Waals surface area contributed by atoms with Crippen LogP contribution in [-0.2, 0) is 11.4 Å². The van der Waals surface area contributed by atoms with Crippen LogP contribution in [0.2, 0.25) is 0 Å². The minimum Gasteiger partial charge on any atom is -0.486 e. The summed E-state index contributed by atoms with van der Waals surface area (Å²) >= 11 is 0. The molecule has 8 heteroatoms. The van der Waals surface area contributed by atoms with Crippen LogP contribution in [0.3, 0.4) is 0 Å². The fourth-order valence-corrected chi connectivity index (χ4v) is 3.53. The van der Waals surface area contributed by atoms with Crippen molar-refractivity contribution in [3.8, 4) is 5.75 Å². The Labute approximate surface area is 185 Å². The van der Waals surface area contributed by atoms with Gasteiger partial charge in [0, 0.05) is 25.2 Å². The van der Waals surface area contributed by atoms with Gasteiger partial charge in [0.2, 0.25) is 5.91 Å². The highest BCUT2D eigenvalue weighted by Gasteiger charge is 2.29. The molecular formula is C24H24FN3O4. The average Bonchev–Trinajstić information content (AvgIpc) is 3.29. The Morgan fingerprint density at radius 1 is 1.12 bits per heavy atom. The number of aryl methyl sites for hydroxylation is 1. The number of benzene rings is 1. The Morgan fingerprint density at radius 3 is 2.56 bits per heavy atom. The van der Waals surface area contributed by atoms with Crippen molar-refractivity contribution in [1.82, 2.24) is 9.88 Å². The molecule has 0 radical (unpaired) electrons. The van der Waals surface area contributed by atoms with E-state index in [1.807, 2.05) is 13.0 Å². The molecular weight excluding hydrogens is 413 g/mol. The fourth-order valence-electron chi connectivity index (χ4n) is 3.53. The monoisotopic (exact) mass is 437 g/mol. The SMILES string of the molecule is Cc1ccc(NC(=O)C2CCN(C(=O)c3ccc(COc4ccc(F)cc4)o3)CC2)nc1. The van der Waals surface area contributed by atoms with Crippen molar-refractivity contribution >= 4 is 17.6 Å². The second-order valence-electron chi connectivity index (χ2n) is 7.79. The molecule has 0 unspecified atom stereocenters. The van der Waals surface area contributed by atoms with E-state index >= 15 is 0 Å². The van der Waals surface area contributed by atoms with Crippen molar-refractivity contribution in [1.29, 1.82) is 0 Å². The molecule has 0 aliphatic carbocycles. The number of furan rings is 1. The molecule has 1 N–H and O–H groups in total. The number of pyridine rings is 1. The summed E-state index contributed by atoms with van der Waals surface area (Å²) in [6.07, 6.45) is 2.86. The zero-order valence-corrected chi connectivity index (χ0v) is 17.7. The molecule has 32 heavy (non-hydrogen) atoms. The minimum atomic E-state index is -0.337. The molecule has 3 aromatic rings. The quantitative estimate of drug-likeness (QED) is 0.625. The molecule has 1 aliphatic rings. The third-order valence-corrected chi connectivity index (χ3v) is 5.38. The number of hydrogen-bond acceptors (Lipinski definition) is 5. The van der Waals surface area contributed by atoms with E-state index in [2.05, 4.69) is 10.3 Å². The number of piperidine rings is 1. The van der Waals surface area contributed by atoms with Gasteiger partial charge in [0.05, 0.1) is 0 Å². The van der Waals surface area contributed by atoms with Gasteiger partial charge in [-0.15, -0.1) is 0 Å². The summed E-state index contributed by atoms with van der Waals surface area (Å²) in [5.74, 6) is 0.979. The first kappa shape index (κ1) is 21.5. The van der Waals surface area contributed by atoms with E-state index in [9.17, 15) is 14.0 Å². The number of nitrogens with one attached hydrogen (secondary N) is 1. The Bertz CT molecular complexity index is 1070. The number of ether oxygens (including phenoxy) is 1. The first-order valence-corrected chi connectivity index (χ1v) is 10.5. The second kappa shape index (κ2) is 9.64. The molecule has 2 amide bonds. The standard InChI is InChI=1S/C24H24FN3O4/c1-16-2-9-22(26-14-16)27-23(29)17-10-12-28(13-11-17)24(30)21-8-7-20(32-21)15-31-19-5-3-18(25)4-6-19/h2-9,14,17H,10-13,15H2,1H3,(H,26,27,29). The van der Waals surface area contributed by atoms with Crippen LogP contribution in [0.15, 0.2) is 59.1 Å². The summed E-state index contributed by atoms with van der Waals surface area (Å²) < 4.78 is 24.1. The van der Waals surface area contributed by atoms with Crippen LogP contribution in [0.5, 0.6) is 5.75 Å². The number of hydrogen-bond donors (Lipinski definition) is 1. The highest BCUT2D eigenvalue weighted by atomic mass is 19.1. The Kier molecular flexibility index (Phi) is 6.49. The lowest BCUT2D eigenvalue weighted by atomic mass is 9.95. The largest absolute Gasteiger partial charge is 0.486 e. The summed E-state index contributed by atoms with van der Waals surface area (Å²) in [6.45, 7) is 3.01. The van der Waals surface area contributed by atoms with Gasteiger partial charge in [-0.25, -0.2) is 9.37 Å². The van der Waals surface area contributed by atoms with Gasteiger partial charge in [-0.2, -0.15) is 0 Å². The number of carbonyl (C=O) groups is 2. The van der Waals surface area contributed by atoms with Gasteiger partial charge in [-0.3, -0.25) is 9.59 Å². The normalized spacial score (nSPS) is 14.2. The molecule has 1 aliphatic heterocycles. The summed E-state index contributed by atoms with van der Waals surface area (Å²) in [5.41, 5.74) is 1.03. The number of amides is 2. The number of rotatable bonds is 6. The maximum absolute atomic E-state index is 13.0. The van der Waals surface area contributed by atoms with E-state index in [-0.39, 0.29) is 35.9 Å². The highest BCUT2D eigenvalue weighted by Crippen LogP contribution is 2.22. The van der Waals surface area contributed by atoms with Crippen LogP contribution < -0.4 is 10.1 Å². The van der Waals surface area contributed by atoms with Gasteiger partial charge in [-0.05, 0) is 67.8 Å². The molecule has 1 saturated heterocycles. The number of halogens is 1. The summed E-state index contributed by atoms with van der Waals surface area (Å²) in [5, 5.41) is 2.84. The summed E-state index contributed by atoms with van der Waals surface area (Å²) in [6, 6.07) is 12.7. The molecule has 3 heterocycles. The lowest BCUT2D eigenvalue weighted by Gasteiger charge is -2.30. The third kappa shape index (κ3) is 5.32. The highest BCUT2D eigenvalue weighted by molar-refractivity contribution is 5.93. The summed E-state index contributed by atoms with van der Waals surface area (Å²) in [7, 11) is 0. The molecule has 2 aromatic heterocycles. The first-order valence-electron chi connectivity index (χ1n) is 10.5. The van der Waals surface area contributed by atoms with Crippen LogP contribution >= 0.6 is 0 Å². The predicted octanol–water partition coefficient (Wildman–Crippen LogP) is 4.19. The van der Waals surface area contributed by atoms with Crippen molar-refractivity contribution in [3.05, 3.63) is 77.6 Å². The maximum atomic E-state index is 13.0. The molecule has 0 atom stereocenters. The number of carbonyl (C=O) groups excluding carboxylic acids is 2. The lowest BCUT2D eigenvalue weighted by Crippen LogP contribution is -2.41. The number of nitrogens with zero attached hydrogens (tertiary/aromatic N) is 2. The smallest absolute Gasteiger partial charge is 0.289 e. The van der Waals surface area contributed by atoms with Crippen molar-refractivity contribution in [2.45, 2.75) is 26.4 Å². The van der Waals surface area contributed by atoms with Gasteiger partial charge in [0.15, 0.2) is 5.76 Å². The summed E-state index contributed by atoms with van der Waals surface area (Å²) in [4.78, 5) is 31.2. The van der Waals surface area contributed by atoms with Crippen molar-refractivity contribution in [2.24, 2.45) is 5.92 Å². The van der Waals surface area contributed by atoms with Gasteiger partial charge in [0.25, 0.3) is 5.91 Å². The van der Waals surface area contributed by atoms with Gasteiger partial charge in [-0.1, -0.05) is 6.07 Å². The lowest BCUT2D eigenvalue weighted by molar-refractivity contribution is -0.121. The van der Waals surface area contributed by atoms with Gasteiger partial charge in [0.1, 0.15) is 29.8 Å². The average molecular weight is 437 g/mol. The number of aromatic nitrogens is 1. The Balaban J connectivity index is 1.26. The number of anilines is 1. The molecule has 0 saturated carbocycles. The Hall–Kier alpha value is -3.68. The fraction of sp³-hybridized carbons (Fsp3) is 0.292. The molecule has 7 nitrogen and oxygen atoms in total. The second-order valence-corrected chi connectivity index (χ2v) is 7.79. The van der Waals surface area contributed by atoms with Crippen molar-refractivity contribution in [3.63, 3.8) is 0 Å². The molecule has 166 valence electrons. The van der Waals surface area contributed by atoms with Crippen molar-refractivity contribution in [2.75, 3.05) is 18.4 Å². The third-order valence-electron chi connectivity index (χ3n) is 5.38. The molecule has 0 spiro atoms.